The molecule has 0 saturated carbocycles. The predicted molar refractivity (Wildman–Crippen MR) is 327 cm³/mol. The highest BCUT2D eigenvalue weighted by Gasteiger charge is 2.22. The van der Waals surface area contributed by atoms with Crippen molar-refractivity contribution in [1.82, 2.24) is 0 Å². The first-order valence-corrected chi connectivity index (χ1v) is 37.2. The van der Waals surface area contributed by atoms with Crippen LogP contribution in [0.1, 0.15) is 278 Å². The summed E-state index contributed by atoms with van der Waals surface area (Å²) >= 11 is 0. The van der Waals surface area contributed by atoms with Crippen LogP contribution < -0.4 is 14.7 Å². The van der Waals surface area contributed by atoms with E-state index in [1.807, 2.05) is 0 Å². The molecule has 0 bridgehead atoms. The molecule has 0 fully saturated rings. The number of hydrogen-bond acceptors (Lipinski definition) is 10. The smallest absolute Gasteiger partial charge is 0.136 e. The van der Waals surface area contributed by atoms with Crippen LogP contribution in [0.4, 0.5) is 0 Å². The molecule has 0 aliphatic rings. The lowest BCUT2D eigenvalue weighted by Gasteiger charge is -2.36. The molecule has 74 heavy (non-hydrogen) atoms. The highest BCUT2D eigenvalue weighted by atomic mass is 32.2. The second-order valence-corrected chi connectivity index (χ2v) is 28.6. The number of unbranched alkanes of at least 4 members (excludes halogenated alkanes) is 27. The van der Waals surface area contributed by atoms with Gasteiger partial charge in [0.1, 0.15) is 70.1 Å². The highest BCUT2D eigenvalue weighted by molar-refractivity contribution is 7.97. The molecular weight excluding hydrogens is 1010 g/mol. The van der Waals surface area contributed by atoms with E-state index in [0.717, 1.165) is 110 Å². The summed E-state index contributed by atoms with van der Waals surface area (Å²) in [4.78, 5) is 25.6. The Morgan fingerprint density at radius 3 is 0.730 bits per heavy atom. The van der Waals surface area contributed by atoms with Gasteiger partial charge >= 0.3 is 0 Å². The van der Waals surface area contributed by atoms with Crippen molar-refractivity contribution in [2.75, 3.05) is 91.4 Å². The summed E-state index contributed by atoms with van der Waals surface area (Å²) in [7, 11) is -4.57. The summed E-state index contributed by atoms with van der Waals surface area (Å²) < 4.78 is 47.1. The van der Waals surface area contributed by atoms with Crippen LogP contribution in [0.15, 0.2) is 0 Å². The molecule has 6 atom stereocenters. The van der Waals surface area contributed by atoms with E-state index in [1.54, 1.807) is 0 Å². The highest BCUT2D eigenvalue weighted by Crippen LogP contribution is 2.14. The van der Waals surface area contributed by atoms with Crippen LogP contribution in [0.25, 0.3) is 0 Å². The minimum absolute atomic E-state index is 0.272. The standard InChI is InChI=1S/3C20H43O2S.H3O4P/c3*1-4-7-8-9-10-11-12-13-14-15-16-22-18-20(21)19-23(6-3)17-5-2;1-5(2,3)4/h3*20-21H,4-19H2,1-3H3;(H3,1,2,3,4)/q3*+1;/p-3/i3*2D;. The van der Waals surface area contributed by atoms with E-state index in [-0.39, 0.29) is 51.0 Å². The van der Waals surface area contributed by atoms with Crippen molar-refractivity contribution < 1.29 is 52.9 Å². The molecule has 0 aromatic heterocycles. The van der Waals surface area contributed by atoms with Crippen molar-refractivity contribution in [2.24, 2.45) is 0 Å². The van der Waals surface area contributed by atoms with Gasteiger partial charge < -0.3 is 48.8 Å². The monoisotopic (exact) mass is 1140 g/mol. The summed E-state index contributed by atoms with van der Waals surface area (Å²) in [6.07, 6.45) is 42.2. The van der Waals surface area contributed by atoms with Crippen molar-refractivity contribution in [3.63, 3.8) is 0 Å². The van der Waals surface area contributed by atoms with Gasteiger partial charge in [0.05, 0.1) is 19.8 Å². The van der Waals surface area contributed by atoms with Gasteiger partial charge in [0.2, 0.25) is 0 Å². The van der Waals surface area contributed by atoms with Crippen LogP contribution in [0.3, 0.4) is 0 Å². The first-order valence-electron chi connectivity index (χ1n) is 32.6. The molecular formula is C60H129O10PS3. The first-order chi connectivity index (χ1) is 37.2. The Morgan fingerprint density at radius 2 is 0.554 bits per heavy atom. The molecule has 0 heterocycles. The SMILES string of the molecule is O=P([O-])([O-])[O-].[2H]CCC[S+](CC)CC(O)COCCCCCCCCCCCC.[2H]CCC[S+](CC)CC(O)COCCCCCCCCCCCC.[2H]CCC[S+](CC)CC(O)COCCCCCCCCCCCC. The molecule has 10 nitrogen and oxygen atoms in total. The second kappa shape index (κ2) is 68.2. The van der Waals surface area contributed by atoms with Crippen LogP contribution in [-0.2, 0) is 51.5 Å². The normalized spacial score (nSPS) is 14.5. The second-order valence-electron chi connectivity index (χ2n) is 20.1. The lowest BCUT2D eigenvalue weighted by molar-refractivity contribution is -0.432. The minimum Gasteiger partial charge on any atom is -0.822 e. The van der Waals surface area contributed by atoms with Crippen LogP contribution >= 0.6 is 7.82 Å². The Labute approximate surface area is 474 Å². The van der Waals surface area contributed by atoms with E-state index >= 15 is 0 Å². The van der Waals surface area contributed by atoms with E-state index in [4.69, 9.17) is 37.6 Å². The number of phosphoric acid groups is 1. The fraction of sp³-hybridized carbons (Fsp3) is 1.00. The summed E-state index contributed by atoms with van der Waals surface area (Å²) in [6.45, 7) is 18.7. The molecule has 0 rings (SSSR count). The van der Waals surface area contributed by atoms with Gasteiger partial charge in [-0.3, -0.25) is 0 Å². The van der Waals surface area contributed by atoms with Crippen molar-refractivity contribution in [3.05, 3.63) is 0 Å². The quantitative estimate of drug-likeness (QED) is 0.0302. The van der Waals surface area contributed by atoms with E-state index in [1.165, 1.54) is 173 Å². The summed E-state index contributed by atoms with van der Waals surface area (Å²) in [5, 5.41) is 30.1. The van der Waals surface area contributed by atoms with Crippen LogP contribution in [0, 0.1) is 0 Å². The number of ether oxygens (including phenoxy) is 3. The Bertz CT molecular complexity index is 994. The van der Waals surface area contributed by atoms with Gasteiger partial charge in [0.25, 0.3) is 0 Å². The Hall–Kier alpha value is 0.920. The van der Waals surface area contributed by atoms with Crippen LogP contribution in [0.5, 0.6) is 0 Å². The predicted octanol–water partition coefficient (Wildman–Crippen LogP) is 13.2. The summed E-state index contributed by atoms with van der Waals surface area (Å²) in [5.41, 5.74) is 0. The van der Waals surface area contributed by atoms with Gasteiger partial charge in [0.15, 0.2) is 0 Å². The minimum atomic E-state index is -5.39. The van der Waals surface area contributed by atoms with E-state index in [2.05, 4.69) is 41.5 Å². The average Bonchev–Trinajstić information content (AvgIpc) is 3.40. The van der Waals surface area contributed by atoms with Crippen molar-refractivity contribution in [1.29, 1.82) is 0 Å². The third kappa shape index (κ3) is 77.2. The maximum atomic E-state index is 10.0. The van der Waals surface area contributed by atoms with Gasteiger partial charge in [0, 0.05) is 23.9 Å². The van der Waals surface area contributed by atoms with Gasteiger partial charge in [-0.1, -0.05) is 215 Å². The number of aliphatic hydroxyl groups excluding tert-OH is 3. The lowest BCUT2D eigenvalue weighted by atomic mass is 10.1. The Morgan fingerprint density at radius 1 is 0.365 bits per heavy atom. The Kier molecular flexibility index (Phi) is 69.0. The van der Waals surface area contributed by atoms with E-state index in [9.17, 15) is 15.3 Å². The van der Waals surface area contributed by atoms with Crippen LogP contribution in [0.2, 0.25) is 0 Å². The zero-order valence-electron chi connectivity index (χ0n) is 52.7. The van der Waals surface area contributed by atoms with Crippen molar-refractivity contribution >= 4 is 40.5 Å². The topological polar surface area (TPSA) is 175 Å². The molecule has 452 valence electrons. The fourth-order valence-corrected chi connectivity index (χ4v) is 13.6. The average molecular weight is 1140 g/mol. The zero-order valence-corrected chi connectivity index (χ0v) is 53.0. The van der Waals surface area contributed by atoms with Gasteiger partial charge in [-0.05, 0) is 92.0 Å². The molecule has 0 aliphatic heterocycles. The largest absolute Gasteiger partial charge is 0.822 e. The third-order valence-electron chi connectivity index (χ3n) is 12.7. The number of rotatable bonds is 54. The molecule has 0 amide bonds. The maximum Gasteiger partial charge on any atom is 0.136 e. The summed E-state index contributed by atoms with van der Waals surface area (Å²) in [6, 6.07) is 0. The van der Waals surface area contributed by atoms with Crippen LogP contribution in [-0.4, -0.2) is 125 Å². The molecule has 6 unspecified atom stereocenters. The van der Waals surface area contributed by atoms with Crippen molar-refractivity contribution in [3.8, 4) is 0 Å². The molecule has 3 N–H and O–H groups in total. The molecule has 0 spiro atoms. The third-order valence-corrected chi connectivity index (χ3v) is 20.3. The molecule has 0 aromatic rings. The lowest BCUT2D eigenvalue weighted by Crippen LogP contribution is -2.28. The fourth-order valence-electron chi connectivity index (χ4n) is 8.34. The van der Waals surface area contributed by atoms with Gasteiger partial charge in [-0.2, -0.15) is 7.82 Å². The van der Waals surface area contributed by atoms with Gasteiger partial charge in [-0.25, -0.2) is 0 Å². The molecule has 0 radical (unpaired) electrons. The zero-order chi connectivity index (χ0) is 58.1. The maximum absolute atomic E-state index is 10.0. The summed E-state index contributed by atoms with van der Waals surface area (Å²) in [5.74, 6) is 9.21. The van der Waals surface area contributed by atoms with Crippen molar-refractivity contribution in [2.45, 2.75) is 292 Å². The first kappa shape index (κ1) is 74.9. The van der Waals surface area contributed by atoms with Gasteiger partial charge in [-0.15, -0.1) is 0 Å². The number of hydrogen-bond donors (Lipinski definition) is 3. The van der Waals surface area contributed by atoms with E-state index < -0.39 is 7.82 Å². The molecule has 0 aliphatic carbocycles. The molecule has 14 heteroatoms. The Balaban J connectivity index is -0.000000495. The molecule has 0 saturated heterocycles. The number of aliphatic hydroxyl groups is 3. The van der Waals surface area contributed by atoms with E-state index in [0.29, 0.717) is 40.5 Å². The molecule has 0 aromatic carbocycles.